The van der Waals surface area contributed by atoms with Gasteiger partial charge in [0.15, 0.2) is 0 Å². The average molecular weight is 387 g/mol. The number of halogens is 1. The van der Waals surface area contributed by atoms with Gasteiger partial charge in [-0.1, -0.05) is 29.8 Å². The third-order valence-electron chi connectivity index (χ3n) is 4.80. The highest BCUT2D eigenvalue weighted by atomic mass is 35.5. The molecule has 142 valence electrons. The van der Waals surface area contributed by atoms with Crippen molar-refractivity contribution in [1.29, 1.82) is 0 Å². The molecule has 1 saturated heterocycles. The largest absolute Gasteiger partial charge is 0.371 e. The quantitative estimate of drug-likeness (QED) is 0.774. The van der Waals surface area contributed by atoms with Gasteiger partial charge in [-0.2, -0.15) is 0 Å². The first-order valence-electron chi connectivity index (χ1n) is 9.08. The number of piperidine rings is 1. The first-order chi connectivity index (χ1) is 13.1. The van der Waals surface area contributed by atoms with E-state index in [4.69, 9.17) is 11.6 Å². The number of hydrogen-bond donors (Lipinski definition) is 2. The Kier molecular flexibility index (Phi) is 6.65. The van der Waals surface area contributed by atoms with E-state index in [1.165, 1.54) is 5.69 Å². The van der Waals surface area contributed by atoms with E-state index in [2.05, 4.69) is 20.5 Å². The van der Waals surface area contributed by atoms with Crippen LogP contribution in [-0.4, -0.2) is 36.4 Å². The highest BCUT2D eigenvalue weighted by Gasteiger charge is 2.21. The van der Waals surface area contributed by atoms with E-state index >= 15 is 0 Å². The Morgan fingerprint density at radius 3 is 2.41 bits per heavy atom. The highest BCUT2D eigenvalue weighted by molar-refractivity contribution is 6.35. The number of hydrogen-bond acceptors (Lipinski definition) is 4. The van der Waals surface area contributed by atoms with Gasteiger partial charge in [-0.05, 0) is 42.5 Å². The molecule has 0 spiro atoms. The molecule has 2 heterocycles. The predicted molar refractivity (Wildman–Crippen MR) is 105 cm³/mol. The minimum atomic E-state index is -0.635. The van der Waals surface area contributed by atoms with Gasteiger partial charge < -0.3 is 15.5 Å². The topological polar surface area (TPSA) is 74.3 Å². The molecule has 1 aromatic carbocycles. The summed E-state index contributed by atoms with van der Waals surface area (Å²) in [7, 11) is 0. The van der Waals surface area contributed by atoms with Gasteiger partial charge in [-0.3, -0.25) is 14.6 Å². The minimum Gasteiger partial charge on any atom is -0.371 e. The predicted octanol–water partition coefficient (Wildman–Crippen LogP) is 2.38. The molecule has 0 radical (unpaired) electrons. The zero-order valence-electron chi connectivity index (χ0n) is 15.0. The molecule has 6 nitrogen and oxygen atoms in total. The summed E-state index contributed by atoms with van der Waals surface area (Å²) in [6.07, 6.45) is 5.54. The second-order valence-corrected chi connectivity index (χ2v) is 7.03. The van der Waals surface area contributed by atoms with E-state index in [0.717, 1.165) is 31.5 Å². The molecule has 3 rings (SSSR count). The molecule has 7 heteroatoms. The van der Waals surface area contributed by atoms with Crippen LogP contribution in [0.5, 0.6) is 0 Å². The lowest BCUT2D eigenvalue weighted by Crippen LogP contribution is -2.43. The maximum Gasteiger partial charge on any atom is 0.309 e. The van der Waals surface area contributed by atoms with Gasteiger partial charge in [0.1, 0.15) is 0 Å². The van der Waals surface area contributed by atoms with E-state index in [1.54, 1.807) is 18.5 Å². The summed E-state index contributed by atoms with van der Waals surface area (Å²) in [5.74, 6) is -0.855. The number of nitrogens with one attached hydrogen (secondary N) is 2. The third-order valence-corrected chi connectivity index (χ3v) is 5.17. The summed E-state index contributed by atoms with van der Waals surface area (Å²) in [5, 5.41) is 5.92. The molecule has 1 fully saturated rings. The summed E-state index contributed by atoms with van der Waals surface area (Å²) in [5.41, 5.74) is 1.95. The minimum absolute atomic E-state index is 0.232. The number of rotatable bonds is 5. The Balaban J connectivity index is 1.38. The van der Waals surface area contributed by atoms with E-state index in [9.17, 15) is 9.59 Å². The van der Waals surface area contributed by atoms with E-state index in [1.807, 2.05) is 30.3 Å². The number of carbonyl (C=O) groups is 2. The van der Waals surface area contributed by atoms with E-state index < -0.39 is 11.8 Å². The Bertz CT molecular complexity index is 777. The van der Waals surface area contributed by atoms with Gasteiger partial charge in [0, 0.05) is 49.3 Å². The molecule has 1 aliphatic heterocycles. The lowest BCUT2D eigenvalue weighted by molar-refractivity contribution is -0.139. The summed E-state index contributed by atoms with van der Waals surface area (Å²) < 4.78 is 0. The molecule has 2 N–H and O–H groups in total. The average Bonchev–Trinajstić information content (AvgIpc) is 2.72. The second-order valence-electron chi connectivity index (χ2n) is 6.62. The van der Waals surface area contributed by atoms with Gasteiger partial charge in [-0.25, -0.2) is 0 Å². The Morgan fingerprint density at radius 1 is 1.04 bits per heavy atom. The van der Waals surface area contributed by atoms with Crippen molar-refractivity contribution in [3.8, 4) is 0 Å². The maximum absolute atomic E-state index is 12.0. The van der Waals surface area contributed by atoms with Crippen molar-refractivity contribution in [3.63, 3.8) is 0 Å². The van der Waals surface area contributed by atoms with Gasteiger partial charge in [0.05, 0.1) is 0 Å². The molecular formula is C20H23ClN4O2. The van der Waals surface area contributed by atoms with Gasteiger partial charge in [-0.15, -0.1) is 0 Å². The molecular weight excluding hydrogens is 364 g/mol. The molecule has 2 amide bonds. The summed E-state index contributed by atoms with van der Waals surface area (Å²) >= 11 is 6.05. The number of benzene rings is 1. The summed E-state index contributed by atoms with van der Waals surface area (Å²) in [6.45, 7) is 2.62. The number of carbonyl (C=O) groups excluding carboxylic acids is 2. The van der Waals surface area contributed by atoms with Crippen molar-refractivity contribution in [1.82, 2.24) is 15.6 Å². The smallest absolute Gasteiger partial charge is 0.309 e. The zero-order valence-corrected chi connectivity index (χ0v) is 15.8. The van der Waals surface area contributed by atoms with Crippen LogP contribution in [0.1, 0.15) is 18.4 Å². The van der Waals surface area contributed by atoms with Crippen molar-refractivity contribution in [2.24, 2.45) is 5.92 Å². The van der Waals surface area contributed by atoms with Crippen molar-refractivity contribution in [2.45, 2.75) is 19.4 Å². The van der Waals surface area contributed by atoms with E-state index in [0.29, 0.717) is 17.5 Å². The Hall–Kier alpha value is -2.60. The number of pyridine rings is 1. The van der Waals surface area contributed by atoms with Crippen LogP contribution >= 0.6 is 11.6 Å². The molecule has 27 heavy (non-hydrogen) atoms. The molecule has 0 bridgehead atoms. The third kappa shape index (κ3) is 5.44. The molecule has 1 aliphatic rings. The monoisotopic (exact) mass is 386 g/mol. The van der Waals surface area contributed by atoms with Crippen LogP contribution in [0.15, 0.2) is 48.8 Å². The van der Waals surface area contributed by atoms with Gasteiger partial charge >= 0.3 is 11.8 Å². The van der Waals surface area contributed by atoms with Crippen molar-refractivity contribution in [2.75, 3.05) is 24.5 Å². The SMILES string of the molecule is O=C(NCc1ccccc1Cl)C(=O)NCC1CCN(c2ccncc2)CC1. The number of anilines is 1. The molecule has 0 aliphatic carbocycles. The zero-order chi connectivity index (χ0) is 19.1. The van der Waals surface area contributed by atoms with Crippen LogP contribution in [0, 0.1) is 5.92 Å². The van der Waals surface area contributed by atoms with Crippen LogP contribution in [0.3, 0.4) is 0 Å². The lowest BCUT2D eigenvalue weighted by atomic mass is 9.96. The van der Waals surface area contributed by atoms with Crippen LogP contribution in [0.25, 0.3) is 0 Å². The maximum atomic E-state index is 12.0. The molecule has 1 aromatic heterocycles. The van der Waals surface area contributed by atoms with Crippen LogP contribution in [-0.2, 0) is 16.1 Å². The number of amides is 2. The van der Waals surface area contributed by atoms with Crippen molar-refractivity contribution >= 4 is 29.1 Å². The standard InChI is InChI=1S/C20H23ClN4O2/c21-18-4-2-1-3-16(18)14-24-20(27)19(26)23-13-15-7-11-25(12-8-15)17-5-9-22-10-6-17/h1-6,9-10,15H,7-8,11-14H2,(H,23,26)(H,24,27). The van der Waals surface area contributed by atoms with Crippen molar-refractivity contribution < 1.29 is 9.59 Å². The van der Waals surface area contributed by atoms with Crippen molar-refractivity contribution in [3.05, 3.63) is 59.4 Å². The van der Waals surface area contributed by atoms with Crippen LogP contribution in [0.4, 0.5) is 5.69 Å². The molecule has 0 atom stereocenters. The summed E-state index contributed by atoms with van der Waals surface area (Å²) in [6, 6.07) is 11.2. The molecule has 0 saturated carbocycles. The first kappa shape index (κ1) is 19.2. The Labute approximate surface area is 163 Å². The van der Waals surface area contributed by atoms with Crippen LogP contribution in [0.2, 0.25) is 5.02 Å². The molecule has 2 aromatic rings. The fourth-order valence-electron chi connectivity index (χ4n) is 3.17. The van der Waals surface area contributed by atoms with Gasteiger partial charge in [0.2, 0.25) is 0 Å². The summed E-state index contributed by atoms with van der Waals surface area (Å²) in [4.78, 5) is 30.3. The van der Waals surface area contributed by atoms with Gasteiger partial charge in [0.25, 0.3) is 0 Å². The fraction of sp³-hybridized carbons (Fsp3) is 0.350. The highest BCUT2D eigenvalue weighted by Crippen LogP contribution is 2.22. The Morgan fingerprint density at radius 2 is 1.70 bits per heavy atom. The molecule has 0 unspecified atom stereocenters. The second kappa shape index (κ2) is 9.37. The van der Waals surface area contributed by atoms with Crippen LogP contribution < -0.4 is 15.5 Å². The van der Waals surface area contributed by atoms with E-state index in [-0.39, 0.29) is 6.54 Å². The lowest BCUT2D eigenvalue weighted by Gasteiger charge is -2.33. The number of nitrogens with zero attached hydrogens (tertiary/aromatic N) is 2. The first-order valence-corrected chi connectivity index (χ1v) is 9.45. The fourth-order valence-corrected chi connectivity index (χ4v) is 3.37. The number of aromatic nitrogens is 1. The normalized spacial score (nSPS) is 14.6.